The zero-order valence-corrected chi connectivity index (χ0v) is 11.7. The van der Waals surface area contributed by atoms with Crippen molar-refractivity contribution in [3.05, 3.63) is 17.0 Å². The Morgan fingerprint density at radius 1 is 1.26 bits per heavy atom. The summed E-state index contributed by atoms with van der Waals surface area (Å²) in [7, 11) is 0. The van der Waals surface area contributed by atoms with Crippen LogP contribution >= 0.6 is 11.3 Å². The van der Waals surface area contributed by atoms with Gasteiger partial charge in [0.2, 0.25) is 11.8 Å². The van der Waals surface area contributed by atoms with Crippen molar-refractivity contribution >= 4 is 34.1 Å². The third-order valence-electron chi connectivity index (χ3n) is 2.37. The molecule has 0 fully saturated rings. The van der Waals surface area contributed by atoms with E-state index in [9.17, 15) is 14.4 Å². The van der Waals surface area contributed by atoms with E-state index < -0.39 is 12.0 Å². The summed E-state index contributed by atoms with van der Waals surface area (Å²) in [6.07, 6.45) is 0. The molecule has 1 rings (SSSR count). The second kappa shape index (κ2) is 6.33. The average molecular weight is 284 g/mol. The van der Waals surface area contributed by atoms with Gasteiger partial charge in [-0.05, 0) is 18.1 Å². The van der Waals surface area contributed by atoms with Gasteiger partial charge in [-0.25, -0.2) is 4.79 Å². The van der Waals surface area contributed by atoms with Crippen LogP contribution in [0.5, 0.6) is 0 Å². The number of carboxylic acids is 1. The Balaban J connectivity index is 2.75. The summed E-state index contributed by atoms with van der Waals surface area (Å²) in [5.74, 6) is -1.74. The van der Waals surface area contributed by atoms with Gasteiger partial charge in [0.05, 0.1) is 5.00 Å². The van der Waals surface area contributed by atoms with Crippen LogP contribution in [0.2, 0.25) is 0 Å². The van der Waals surface area contributed by atoms with E-state index in [2.05, 4.69) is 10.6 Å². The Kier molecular flexibility index (Phi) is 5.05. The largest absolute Gasteiger partial charge is 0.477 e. The Hall–Kier alpha value is -1.89. The third-order valence-corrected chi connectivity index (χ3v) is 3.36. The summed E-state index contributed by atoms with van der Waals surface area (Å²) in [5.41, 5.74) is 0. The normalized spacial score (nSPS) is 12.0. The first-order valence-corrected chi connectivity index (χ1v) is 6.54. The topological polar surface area (TPSA) is 95.5 Å². The molecule has 7 heteroatoms. The standard InChI is InChI=1S/C12H16N2O4S/c1-6(2)10(13-7(3)15)11(16)14-9-5-4-8(19-9)12(17)18/h4-6,10H,1-3H3,(H,13,15)(H,14,16)(H,17,18). The van der Waals surface area contributed by atoms with E-state index in [1.807, 2.05) is 13.8 Å². The van der Waals surface area contributed by atoms with Crippen LogP contribution in [0.3, 0.4) is 0 Å². The van der Waals surface area contributed by atoms with Crippen molar-refractivity contribution in [1.29, 1.82) is 0 Å². The number of thiophene rings is 1. The highest BCUT2D eigenvalue weighted by Crippen LogP contribution is 2.22. The van der Waals surface area contributed by atoms with Crippen molar-refractivity contribution in [3.63, 3.8) is 0 Å². The van der Waals surface area contributed by atoms with Crippen molar-refractivity contribution in [3.8, 4) is 0 Å². The monoisotopic (exact) mass is 284 g/mol. The lowest BCUT2D eigenvalue weighted by atomic mass is 10.0. The molecule has 0 aliphatic heterocycles. The number of amides is 2. The fourth-order valence-electron chi connectivity index (χ4n) is 1.47. The fourth-order valence-corrected chi connectivity index (χ4v) is 2.22. The van der Waals surface area contributed by atoms with Crippen LogP contribution in [0.25, 0.3) is 0 Å². The van der Waals surface area contributed by atoms with Gasteiger partial charge in [0, 0.05) is 6.92 Å². The number of carboxylic acid groups (broad SMARTS) is 1. The molecule has 3 N–H and O–H groups in total. The van der Waals surface area contributed by atoms with E-state index in [0.29, 0.717) is 5.00 Å². The van der Waals surface area contributed by atoms with Gasteiger partial charge in [-0.15, -0.1) is 11.3 Å². The first-order chi connectivity index (χ1) is 8.81. The summed E-state index contributed by atoms with van der Waals surface area (Å²) >= 11 is 0.973. The number of nitrogens with one attached hydrogen (secondary N) is 2. The number of aromatic carboxylic acids is 1. The van der Waals surface area contributed by atoms with Crippen LogP contribution in [0.1, 0.15) is 30.4 Å². The minimum Gasteiger partial charge on any atom is -0.477 e. The second-order valence-corrected chi connectivity index (χ2v) is 5.46. The van der Waals surface area contributed by atoms with E-state index >= 15 is 0 Å². The molecule has 0 aliphatic rings. The first kappa shape index (κ1) is 15.2. The molecule has 0 saturated heterocycles. The summed E-state index contributed by atoms with van der Waals surface area (Å²) in [6.45, 7) is 4.98. The molecule has 1 heterocycles. The van der Waals surface area contributed by atoms with Crippen molar-refractivity contribution < 1.29 is 19.5 Å². The maximum Gasteiger partial charge on any atom is 0.345 e. The number of carbonyl (C=O) groups is 3. The Morgan fingerprint density at radius 3 is 2.32 bits per heavy atom. The second-order valence-electron chi connectivity index (χ2n) is 4.38. The van der Waals surface area contributed by atoms with Gasteiger partial charge in [0.25, 0.3) is 0 Å². The van der Waals surface area contributed by atoms with Gasteiger partial charge in [-0.1, -0.05) is 13.8 Å². The zero-order chi connectivity index (χ0) is 14.6. The molecule has 1 aromatic rings. The quantitative estimate of drug-likeness (QED) is 0.764. The minimum absolute atomic E-state index is 0.0668. The van der Waals surface area contributed by atoms with Crippen LogP contribution in [-0.4, -0.2) is 28.9 Å². The van der Waals surface area contributed by atoms with E-state index in [1.165, 1.54) is 19.1 Å². The molecule has 2 amide bonds. The van der Waals surface area contributed by atoms with Crippen LogP contribution in [0, 0.1) is 5.92 Å². The average Bonchev–Trinajstić information content (AvgIpc) is 2.73. The molecule has 0 aliphatic carbocycles. The van der Waals surface area contributed by atoms with Crippen LogP contribution in [0.4, 0.5) is 5.00 Å². The molecule has 0 bridgehead atoms. The van der Waals surface area contributed by atoms with Crippen molar-refractivity contribution in [2.75, 3.05) is 5.32 Å². The predicted molar refractivity (Wildman–Crippen MR) is 72.4 cm³/mol. The maximum absolute atomic E-state index is 12.0. The van der Waals surface area contributed by atoms with Crippen molar-refractivity contribution in [1.82, 2.24) is 5.32 Å². The van der Waals surface area contributed by atoms with Crippen LogP contribution < -0.4 is 10.6 Å². The minimum atomic E-state index is -1.03. The van der Waals surface area contributed by atoms with Gasteiger partial charge in [0.1, 0.15) is 10.9 Å². The molecule has 0 saturated carbocycles. The molecule has 0 radical (unpaired) electrons. The predicted octanol–water partition coefficient (Wildman–Crippen LogP) is 1.55. The SMILES string of the molecule is CC(=O)NC(C(=O)Nc1ccc(C(=O)O)s1)C(C)C. The Bertz CT molecular complexity index is 496. The molecular weight excluding hydrogens is 268 g/mol. The number of carbonyl (C=O) groups excluding carboxylic acids is 2. The lowest BCUT2D eigenvalue weighted by Gasteiger charge is -2.20. The molecule has 1 aromatic heterocycles. The highest BCUT2D eigenvalue weighted by atomic mass is 32.1. The summed E-state index contributed by atoms with van der Waals surface area (Å²) < 4.78 is 0. The van der Waals surface area contributed by atoms with Crippen LogP contribution in [-0.2, 0) is 9.59 Å². The highest BCUT2D eigenvalue weighted by Gasteiger charge is 2.23. The van der Waals surface area contributed by atoms with E-state index in [4.69, 9.17) is 5.11 Å². The molecule has 6 nitrogen and oxygen atoms in total. The maximum atomic E-state index is 12.0. The highest BCUT2D eigenvalue weighted by molar-refractivity contribution is 7.18. The smallest absolute Gasteiger partial charge is 0.345 e. The van der Waals surface area contributed by atoms with Gasteiger partial charge < -0.3 is 15.7 Å². The Labute approximate surface area is 114 Å². The number of anilines is 1. The summed E-state index contributed by atoms with van der Waals surface area (Å²) in [4.78, 5) is 33.9. The summed E-state index contributed by atoms with van der Waals surface area (Å²) in [6, 6.07) is 2.30. The lowest BCUT2D eigenvalue weighted by molar-refractivity contribution is -0.126. The molecule has 0 aromatic carbocycles. The fraction of sp³-hybridized carbons (Fsp3) is 0.417. The van der Waals surface area contributed by atoms with Gasteiger partial charge in [-0.2, -0.15) is 0 Å². The third kappa shape index (κ3) is 4.36. The van der Waals surface area contributed by atoms with Crippen molar-refractivity contribution in [2.45, 2.75) is 26.8 Å². The van der Waals surface area contributed by atoms with Gasteiger partial charge >= 0.3 is 5.97 Å². The molecule has 0 spiro atoms. The van der Waals surface area contributed by atoms with Crippen LogP contribution in [0.15, 0.2) is 12.1 Å². The molecular formula is C12H16N2O4S. The number of hydrogen-bond acceptors (Lipinski definition) is 4. The van der Waals surface area contributed by atoms with Gasteiger partial charge in [-0.3, -0.25) is 9.59 Å². The van der Waals surface area contributed by atoms with E-state index in [1.54, 1.807) is 0 Å². The number of hydrogen-bond donors (Lipinski definition) is 3. The lowest BCUT2D eigenvalue weighted by Crippen LogP contribution is -2.46. The number of rotatable bonds is 5. The van der Waals surface area contributed by atoms with E-state index in [0.717, 1.165) is 11.3 Å². The zero-order valence-electron chi connectivity index (χ0n) is 10.9. The molecule has 1 unspecified atom stereocenters. The molecule has 104 valence electrons. The van der Waals surface area contributed by atoms with Gasteiger partial charge in [0.15, 0.2) is 0 Å². The Morgan fingerprint density at radius 2 is 1.89 bits per heavy atom. The molecule has 19 heavy (non-hydrogen) atoms. The van der Waals surface area contributed by atoms with Crippen molar-refractivity contribution in [2.24, 2.45) is 5.92 Å². The van der Waals surface area contributed by atoms with E-state index in [-0.39, 0.29) is 22.6 Å². The first-order valence-electron chi connectivity index (χ1n) is 5.72. The molecule has 1 atom stereocenters. The summed E-state index contributed by atoms with van der Waals surface area (Å²) in [5, 5.41) is 14.4.